The Labute approximate surface area is 240 Å². The number of nitrogens with zero attached hydrogens (tertiary/aromatic N) is 1. The Bertz CT molecular complexity index is 1450. The van der Waals surface area contributed by atoms with E-state index in [2.05, 4.69) is 10.6 Å². The first-order valence-electron chi connectivity index (χ1n) is 13.8. The number of rotatable bonds is 13. The predicted octanol–water partition coefficient (Wildman–Crippen LogP) is 3.43. The van der Waals surface area contributed by atoms with Crippen molar-refractivity contribution in [1.29, 1.82) is 0 Å². The van der Waals surface area contributed by atoms with Crippen LogP contribution < -0.4 is 21.3 Å². The number of nitrogens with one attached hydrogen (secondary N) is 2. The van der Waals surface area contributed by atoms with E-state index in [1.54, 1.807) is 17.0 Å². The average Bonchev–Trinajstić information content (AvgIpc) is 3.02. The van der Waals surface area contributed by atoms with Crippen molar-refractivity contribution in [1.82, 2.24) is 10.6 Å². The third-order valence-electron chi connectivity index (χ3n) is 6.81. The summed E-state index contributed by atoms with van der Waals surface area (Å²) in [5.41, 5.74) is 7.67. The van der Waals surface area contributed by atoms with Gasteiger partial charge < -0.3 is 26.4 Å². The number of para-hydroxylation sites is 1. The second-order valence-electron chi connectivity index (χ2n) is 9.90. The molecule has 0 radical (unpaired) electrons. The maximum atomic E-state index is 13.3. The van der Waals surface area contributed by atoms with Crippen molar-refractivity contribution in [3.05, 3.63) is 114 Å². The second-order valence-corrected chi connectivity index (χ2v) is 9.90. The van der Waals surface area contributed by atoms with Crippen LogP contribution in [0.4, 0.5) is 5.69 Å². The number of aliphatic hydroxyl groups excluding tert-OH is 1. The maximum absolute atomic E-state index is 13.3. The van der Waals surface area contributed by atoms with Gasteiger partial charge in [0.2, 0.25) is 11.8 Å². The molecule has 0 heterocycles. The van der Waals surface area contributed by atoms with Crippen molar-refractivity contribution in [3.8, 4) is 0 Å². The normalized spacial score (nSPS) is 12.3. The molecule has 0 fully saturated rings. The minimum Gasteiger partial charge on any atom is -0.390 e. The number of carbonyl (C=O) groups excluding carboxylic acids is 3. The molecule has 3 amide bonds. The largest absolute Gasteiger partial charge is 0.390 e. The lowest BCUT2D eigenvalue weighted by Crippen LogP contribution is -2.50. The molecule has 4 rings (SSSR count). The monoisotopic (exact) mass is 552 g/mol. The number of fused-ring (bicyclic) bond motifs is 1. The molecule has 1 unspecified atom stereocenters. The maximum Gasteiger partial charge on any atom is 0.258 e. The van der Waals surface area contributed by atoms with Crippen molar-refractivity contribution in [2.45, 2.75) is 31.4 Å². The van der Waals surface area contributed by atoms with Crippen LogP contribution in [0.25, 0.3) is 10.8 Å². The fourth-order valence-corrected chi connectivity index (χ4v) is 4.59. The van der Waals surface area contributed by atoms with Gasteiger partial charge in [0, 0.05) is 43.7 Å². The first-order chi connectivity index (χ1) is 19.9. The van der Waals surface area contributed by atoms with Crippen LogP contribution in [0.2, 0.25) is 0 Å². The van der Waals surface area contributed by atoms with E-state index in [-0.39, 0.29) is 37.7 Å². The number of nitrogens with two attached hydrogens (primary N) is 1. The van der Waals surface area contributed by atoms with Crippen molar-refractivity contribution in [2.24, 2.45) is 5.73 Å². The molecule has 4 aromatic carbocycles. The van der Waals surface area contributed by atoms with Crippen LogP contribution in [-0.4, -0.2) is 54.6 Å². The molecule has 41 heavy (non-hydrogen) atoms. The summed E-state index contributed by atoms with van der Waals surface area (Å²) in [6.45, 7) is 0.337. The number of hydrogen-bond donors (Lipinski definition) is 4. The summed E-state index contributed by atoms with van der Waals surface area (Å²) in [5.74, 6) is -0.848. The van der Waals surface area contributed by atoms with Crippen molar-refractivity contribution >= 4 is 34.2 Å². The second kappa shape index (κ2) is 14.7. The molecule has 0 saturated carbocycles. The van der Waals surface area contributed by atoms with E-state index in [0.717, 1.165) is 22.0 Å². The molecule has 0 aliphatic rings. The van der Waals surface area contributed by atoms with E-state index in [1.807, 2.05) is 91.0 Å². The van der Waals surface area contributed by atoms with Gasteiger partial charge in [0.15, 0.2) is 0 Å². The van der Waals surface area contributed by atoms with Crippen LogP contribution in [0, 0.1) is 0 Å². The molecule has 0 bridgehead atoms. The van der Waals surface area contributed by atoms with E-state index < -0.39 is 18.1 Å². The highest BCUT2D eigenvalue weighted by Gasteiger charge is 2.23. The van der Waals surface area contributed by atoms with Crippen molar-refractivity contribution in [3.63, 3.8) is 0 Å². The Morgan fingerprint density at radius 3 is 2.20 bits per heavy atom. The van der Waals surface area contributed by atoms with Gasteiger partial charge in [-0.15, -0.1) is 0 Å². The fraction of sp³-hybridized carbons (Fsp3) is 0.242. The minimum absolute atomic E-state index is 0.00689. The molecule has 5 N–H and O–H groups in total. The van der Waals surface area contributed by atoms with Crippen LogP contribution in [0.15, 0.2) is 103 Å². The van der Waals surface area contributed by atoms with E-state index in [0.29, 0.717) is 18.5 Å². The molecular weight excluding hydrogens is 516 g/mol. The third kappa shape index (κ3) is 8.48. The van der Waals surface area contributed by atoms with Gasteiger partial charge in [-0.05, 0) is 47.0 Å². The zero-order chi connectivity index (χ0) is 29.0. The number of carbonyl (C=O) groups is 3. The number of hydrogen-bond acceptors (Lipinski definition) is 5. The molecule has 0 aliphatic carbocycles. The molecule has 4 aromatic rings. The Morgan fingerprint density at radius 2 is 1.49 bits per heavy atom. The molecule has 0 aliphatic heterocycles. The summed E-state index contributed by atoms with van der Waals surface area (Å²) in [6, 6.07) is 31.4. The summed E-state index contributed by atoms with van der Waals surface area (Å²) >= 11 is 0. The van der Waals surface area contributed by atoms with Gasteiger partial charge in [-0.1, -0.05) is 78.9 Å². The number of aliphatic hydroxyl groups is 1. The van der Waals surface area contributed by atoms with Crippen molar-refractivity contribution in [2.75, 3.05) is 24.5 Å². The zero-order valence-electron chi connectivity index (χ0n) is 22.9. The molecule has 0 aromatic heterocycles. The molecule has 8 nitrogen and oxygen atoms in total. The summed E-state index contributed by atoms with van der Waals surface area (Å²) in [7, 11) is 0. The first kappa shape index (κ1) is 29.5. The Balaban J connectivity index is 1.42. The lowest BCUT2D eigenvalue weighted by molar-refractivity contribution is -0.129. The van der Waals surface area contributed by atoms with E-state index in [9.17, 15) is 19.5 Å². The standard InChI is InChI=1S/C33H36N4O4/c34-22-29(38)23-35-32(40)30(21-24-17-18-25-10-7-8-13-27(25)20-24)36-31(39)16-9-19-37(28-14-5-2-6-15-28)33(41)26-11-3-1-4-12-26/h1-8,10-15,17-18,20,29-30,38H,9,16,19,21-23,34H2,(H,35,40)(H,36,39)/t29?,30-/m1/s1. The Kier molecular flexibility index (Phi) is 10.6. The van der Waals surface area contributed by atoms with Gasteiger partial charge >= 0.3 is 0 Å². The van der Waals surface area contributed by atoms with Gasteiger partial charge in [-0.25, -0.2) is 0 Å². The van der Waals surface area contributed by atoms with Gasteiger partial charge in [0.05, 0.1) is 6.10 Å². The molecule has 8 heteroatoms. The molecular formula is C33H36N4O4. The van der Waals surface area contributed by atoms with E-state index >= 15 is 0 Å². The van der Waals surface area contributed by atoms with Crippen LogP contribution in [-0.2, 0) is 16.0 Å². The van der Waals surface area contributed by atoms with Crippen LogP contribution in [0.3, 0.4) is 0 Å². The SMILES string of the molecule is NCC(O)CNC(=O)[C@@H](Cc1ccc2ccccc2c1)NC(=O)CCCN(C(=O)c1ccccc1)c1ccccc1. The summed E-state index contributed by atoms with van der Waals surface area (Å²) in [6.07, 6.45) is -0.0699. The van der Waals surface area contributed by atoms with E-state index in [1.165, 1.54) is 0 Å². The van der Waals surface area contributed by atoms with Crippen molar-refractivity contribution < 1.29 is 19.5 Å². The van der Waals surface area contributed by atoms with Gasteiger partial charge in [0.25, 0.3) is 5.91 Å². The summed E-state index contributed by atoms with van der Waals surface area (Å²) in [5, 5.41) is 17.5. The van der Waals surface area contributed by atoms with E-state index in [4.69, 9.17) is 5.73 Å². The quantitative estimate of drug-likeness (QED) is 0.202. The number of benzene rings is 4. The molecule has 2 atom stereocenters. The van der Waals surface area contributed by atoms with Crippen LogP contribution in [0.5, 0.6) is 0 Å². The Morgan fingerprint density at radius 1 is 0.829 bits per heavy atom. The number of amides is 3. The van der Waals surface area contributed by atoms with Gasteiger partial charge in [-0.3, -0.25) is 14.4 Å². The predicted molar refractivity (Wildman–Crippen MR) is 161 cm³/mol. The first-order valence-corrected chi connectivity index (χ1v) is 13.8. The van der Waals surface area contributed by atoms with Crippen LogP contribution >= 0.6 is 0 Å². The Hall–Kier alpha value is -4.53. The lowest BCUT2D eigenvalue weighted by Gasteiger charge is -2.23. The summed E-state index contributed by atoms with van der Waals surface area (Å²) in [4.78, 5) is 41.0. The zero-order valence-corrected chi connectivity index (χ0v) is 22.9. The van der Waals surface area contributed by atoms with Gasteiger partial charge in [-0.2, -0.15) is 0 Å². The highest BCUT2D eigenvalue weighted by atomic mass is 16.3. The number of anilines is 1. The molecule has 0 saturated heterocycles. The fourth-order valence-electron chi connectivity index (χ4n) is 4.59. The average molecular weight is 553 g/mol. The topological polar surface area (TPSA) is 125 Å². The summed E-state index contributed by atoms with van der Waals surface area (Å²) < 4.78 is 0. The highest BCUT2D eigenvalue weighted by Crippen LogP contribution is 2.19. The van der Waals surface area contributed by atoms with Crippen LogP contribution in [0.1, 0.15) is 28.8 Å². The third-order valence-corrected chi connectivity index (χ3v) is 6.81. The highest BCUT2D eigenvalue weighted by molar-refractivity contribution is 6.06. The van der Waals surface area contributed by atoms with Gasteiger partial charge in [0.1, 0.15) is 6.04 Å². The molecule has 212 valence electrons. The smallest absolute Gasteiger partial charge is 0.258 e. The molecule has 0 spiro atoms. The lowest BCUT2D eigenvalue weighted by atomic mass is 10.0. The minimum atomic E-state index is -0.873.